The molecule has 0 saturated carbocycles. The number of halogens is 2. The summed E-state index contributed by atoms with van der Waals surface area (Å²) < 4.78 is 11.1. The van der Waals surface area contributed by atoms with E-state index in [4.69, 9.17) is 9.47 Å². The molecule has 0 amide bonds. The molecule has 0 bridgehead atoms. The number of aliphatic hydroxyl groups excluding tert-OH is 1. The largest absolute Gasteiger partial charge is 0.497 e. The first kappa shape index (κ1) is 29.7. The number of β-amino-alcohol motifs (C(OH)–C–C–N with tert-alkyl or cyclic N) is 1. The fourth-order valence-electron chi connectivity index (χ4n) is 4.62. The van der Waals surface area contributed by atoms with Crippen molar-refractivity contribution in [2.75, 3.05) is 46.4 Å². The summed E-state index contributed by atoms with van der Waals surface area (Å²) in [5, 5.41) is 11.0. The van der Waals surface area contributed by atoms with E-state index in [-0.39, 0.29) is 30.9 Å². The van der Waals surface area contributed by atoms with E-state index in [1.807, 2.05) is 18.2 Å². The lowest BCUT2D eigenvalue weighted by Gasteiger charge is -2.40. The van der Waals surface area contributed by atoms with Crippen LogP contribution in [-0.4, -0.2) is 61.3 Å². The fourth-order valence-corrected chi connectivity index (χ4v) is 4.62. The zero-order valence-corrected chi connectivity index (χ0v) is 22.3. The Hall–Kier alpha value is -2.54. The van der Waals surface area contributed by atoms with Gasteiger partial charge in [-0.05, 0) is 23.3 Å². The van der Waals surface area contributed by atoms with Crippen LogP contribution in [0.25, 0.3) is 0 Å². The lowest BCUT2D eigenvalue weighted by Crippen LogP contribution is -2.48. The highest BCUT2D eigenvalue weighted by Gasteiger charge is 2.27. The first-order chi connectivity index (χ1) is 16.7. The molecule has 194 valence electrons. The summed E-state index contributed by atoms with van der Waals surface area (Å²) in [7, 11) is 1.63. The van der Waals surface area contributed by atoms with Crippen molar-refractivity contribution in [2.45, 2.75) is 12.1 Å². The molecule has 1 N–H and O–H groups in total. The molecule has 1 heterocycles. The van der Waals surface area contributed by atoms with E-state index in [1.165, 1.54) is 11.1 Å². The number of hydrogen-bond donors (Lipinski definition) is 1. The molecule has 0 aromatic heterocycles. The van der Waals surface area contributed by atoms with Gasteiger partial charge in [0, 0.05) is 44.4 Å². The topological polar surface area (TPSA) is 45.2 Å². The molecule has 3 aromatic carbocycles. The van der Waals surface area contributed by atoms with Gasteiger partial charge in [-0.1, -0.05) is 73.3 Å². The summed E-state index contributed by atoms with van der Waals surface area (Å²) in [5.41, 5.74) is 3.39. The average molecular weight is 532 g/mol. The Bertz CT molecular complexity index is 1010. The quantitative estimate of drug-likeness (QED) is 0.348. The normalized spacial score (nSPS) is 14.9. The van der Waals surface area contributed by atoms with Gasteiger partial charge in [0.15, 0.2) is 0 Å². The lowest BCUT2D eigenvalue weighted by atomic mass is 9.96. The van der Waals surface area contributed by atoms with Crippen LogP contribution in [0.3, 0.4) is 0 Å². The predicted molar refractivity (Wildman–Crippen MR) is 151 cm³/mol. The third-order valence-corrected chi connectivity index (χ3v) is 6.37. The smallest absolute Gasteiger partial charge is 0.129 e. The van der Waals surface area contributed by atoms with Crippen LogP contribution in [0, 0.1) is 0 Å². The maximum absolute atomic E-state index is 11.0. The van der Waals surface area contributed by atoms with E-state index < -0.39 is 6.10 Å². The molecule has 7 heteroatoms. The Morgan fingerprint density at radius 3 is 2.00 bits per heavy atom. The van der Waals surface area contributed by atoms with E-state index in [0.29, 0.717) is 24.7 Å². The summed E-state index contributed by atoms with van der Waals surface area (Å²) in [4.78, 5) is 4.87. The Labute approximate surface area is 227 Å². The molecule has 1 atom stereocenters. The highest BCUT2D eigenvalue weighted by atomic mass is 35.5. The second-order valence-electron chi connectivity index (χ2n) is 8.58. The molecule has 5 nitrogen and oxygen atoms in total. The number of piperazine rings is 1. The van der Waals surface area contributed by atoms with Crippen LogP contribution in [0.15, 0.2) is 91.5 Å². The predicted octanol–water partition coefficient (Wildman–Crippen LogP) is 5.54. The van der Waals surface area contributed by atoms with Crippen molar-refractivity contribution in [3.8, 4) is 11.5 Å². The summed E-state index contributed by atoms with van der Waals surface area (Å²) >= 11 is 0. The molecule has 1 saturated heterocycles. The molecular formula is C29H36Cl2N2O3. The van der Waals surface area contributed by atoms with Crippen LogP contribution in [0.5, 0.6) is 11.5 Å². The number of ether oxygens (including phenoxy) is 2. The Morgan fingerprint density at radius 2 is 1.47 bits per heavy atom. The standard InChI is InChI=1S/C29H34N2O3.2ClH/c1-3-20-34-28-21-25(33-2)14-15-26(28)27(32)22-30-16-18-31(19-17-30)29(23-10-6-4-7-11-23)24-12-8-5-9-13-24;;/h3-15,21,27,29,32H,1,16-20,22H2,2H3;2*1H. The number of methoxy groups -OCH3 is 1. The number of benzene rings is 3. The lowest BCUT2D eigenvalue weighted by molar-refractivity contribution is 0.0611. The SMILES string of the molecule is C=CCOc1cc(OC)ccc1C(O)CN1CCN(C(c2ccccc2)c2ccccc2)CC1.Cl.Cl. The molecule has 0 radical (unpaired) electrons. The minimum absolute atomic E-state index is 0. The van der Waals surface area contributed by atoms with Gasteiger partial charge >= 0.3 is 0 Å². The number of nitrogens with zero attached hydrogens (tertiary/aromatic N) is 2. The van der Waals surface area contributed by atoms with Crippen molar-refractivity contribution in [3.05, 3.63) is 108 Å². The van der Waals surface area contributed by atoms with E-state index in [2.05, 4.69) is 77.0 Å². The first-order valence-corrected chi connectivity index (χ1v) is 11.9. The van der Waals surface area contributed by atoms with Gasteiger partial charge in [-0.2, -0.15) is 0 Å². The fraction of sp³-hybridized carbons (Fsp3) is 0.310. The third kappa shape index (κ3) is 7.48. The second kappa shape index (κ2) is 14.9. The minimum atomic E-state index is -0.642. The Kier molecular flexibility index (Phi) is 12.3. The monoisotopic (exact) mass is 530 g/mol. The molecule has 1 aliphatic rings. The van der Waals surface area contributed by atoms with Gasteiger partial charge in [0.05, 0.1) is 19.3 Å². The van der Waals surface area contributed by atoms with Gasteiger partial charge in [-0.25, -0.2) is 0 Å². The van der Waals surface area contributed by atoms with Crippen molar-refractivity contribution in [1.29, 1.82) is 0 Å². The van der Waals surface area contributed by atoms with Crippen LogP contribution in [0.2, 0.25) is 0 Å². The Balaban J connectivity index is 0.00000228. The number of rotatable bonds is 10. The summed E-state index contributed by atoms with van der Waals surface area (Å²) in [6.07, 6.45) is 1.06. The van der Waals surface area contributed by atoms with E-state index in [0.717, 1.165) is 31.7 Å². The first-order valence-electron chi connectivity index (χ1n) is 11.9. The van der Waals surface area contributed by atoms with Crippen LogP contribution in [-0.2, 0) is 0 Å². The van der Waals surface area contributed by atoms with Crippen molar-refractivity contribution >= 4 is 24.8 Å². The third-order valence-electron chi connectivity index (χ3n) is 6.37. The molecule has 36 heavy (non-hydrogen) atoms. The summed E-state index contributed by atoms with van der Waals surface area (Å²) in [5.74, 6) is 1.34. The minimum Gasteiger partial charge on any atom is -0.497 e. The molecular weight excluding hydrogens is 495 g/mol. The van der Waals surface area contributed by atoms with Crippen molar-refractivity contribution in [1.82, 2.24) is 9.80 Å². The second-order valence-corrected chi connectivity index (χ2v) is 8.58. The van der Waals surface area contributed by atoms with Crippen LogP contribution >= 0.6 is 24.8 Å². The van der Waals surface area contributed by atoms with Crippen molar-refractivity contribution in [2.24, 2.45) is 0 Å². The van der Waals surface area contributed by atoms with E-state index in [1.54, 1.807) is 13.2 Å². The number of aliphatic hydroxyl groups is 1. The molecule has 1 fully saturated rings. The van der Waals surface area contributed by atoms with Gasteiger partial charge in [0.1, 0.15) is 18.1 Å². The highest BCUT2D eigenvalue weighted by Crippen LogP contribution is 2.32. The highest BCUT2D eigenvalue weighted by molar-refractivity contribution is 5.85. The molecule has 0 spiro atoms. The van der Waals surface area contributed by atoms with Gasteiger partial charge in [-0.3, -0.25) is 9.80 Å². The van der Waals surface area contributed by atoms with Crippen molar-refractivity contribution in [3.63, 3.8) is 0 Å². The van der Waals surface area contributed by atoms with Gasteiger partial charge < -0.3 is 14.6 Å². The summed E-state index contributed by atoms with van der Waals surface area (Å²) in [6.45, 7) is 8.32. The van der Waals surface area contributed by atoms with Gasteiger partial charge in [-0.15, -0.1) is 24.8 Å². The van der Waals surface area contributed by atoms with Crippen LogP contribution in [0.1, 0.15) is 28.8 Å². The van der Waals surface area contributed by atoms with E-state index >= 15 is 0 Å². The van der Waals surface area contributed by atoms with Crippen molar-refractivity contribution < 1.29 is 14.6 Å². The molecule has 4 rings (SSSR count). The molecule has 3 aromatic rings. The average Bonchev–Trinajstić information content (AvgIpc) is 2.89. The van der Waals surface area contributed by atoms with E-state index in [9.17, 15) is 5.11 Å². The number of hydrogen-bond acceptors (Lipinski definition) is 5. The zero-order valence-electron chi connectivity index (χ0n) is 20.7. The maximum Gasteiger partial charge on any atom is 0.129 e. The van der Waals surface area contributed by atoms with Gasteiger partial charge in [0.25, 0.3) is 0 Å². The summed E-state index contributed by atoms with van der Waals surface area (Å²) in [6, 6.07) is 27.2. The van der Waals surface area contributed by atoms with Gasteiger partial charge in [0.2, 0.25) is 0 Å². The van der Waals surface area contributed by atoms with Crippen LogP contribution < -0.4 is 9.47 Å². The molecule has 1 unspecified atom stereocenters. The molecule has 0 aliphatic carbocycles. The zero-order chi connectivity index (χ0) is 23.8. The molecule has 1 aliphatic heterocycles. The maximum atomic E-state index is 11.0. The Morgan fingerprint density at radius 1 is 0.889 bits per heavy atom. The van der Waals surface area contributed by atoms with Crippen LogP contribution in [0.4, 0.5) is 0 Å².